The number of hydrogen-bond acceptors (Lipinski definition) is 2. The number of carboxylic acid groups (broad SMARTS) is 1. The summed E-state index contributed by atoms with van der Waals surface area (Å²) in [6, 6.07) is 15.4. The number of aryl methyl sites for hydroxylation is 2. The lowest BCUT2D eigenvalue weighted by Gasteiger charge is -2.32. The van der Waals surface area contributed by atoms with Crippen LogP contribution in [-0.4, -0.2) is 16.7 Å². The van der Waals surface area contributed by atoms with Crippen LogP contribution >= 0.6 is 0 Å². The molecule has 1 unspecified atom stereocenters. The number of carboxylic acids is 1. The van der Waals surface area contributed by atoms with Gasteiger partial charge in [0.1, 0.15) is 11.4 Å². The second-order valence-corrected chi connectivity index (χ2v) is 6.94. The second kappa shape index (κ2) is 8.72. The summed E-state index contributed by atoms with van der Waals surface area (Å²) in [4.78, 5) is 11.4. The highest BCUT2D eigenvalue weighted by molar-refractivity contribution is 5.89. The molecule has 1 N–H and O–H groups in total. The lowest BCUT2D eigenvalue weighted by Crippen LogP contribution is -2.33. The van der Waals surface area contributed by atoms with Gasteiger partial charge in [-0.1, -0.05) is 61.5 Å². The van der Waals surface area contributed by atoms with Crippen molar-refractivity contribution < 1.29 is 14.6 Å². The molecule has 3 nitrogen and oxygen atoms in total. The Bertz CT molecular complexity index is 850. The maximum Gasteiger partial charge on any atom is 0.335 e. The van der Waals surface area contributed by atoms with Gasteiger partial charge >= 0.3 is 5.97 Å². The quantitative estimate of drug-likeness (QED) is 0.664. The fourth-order valence-corrected chi connectivity index (χ4v) is 3.50. The van der Waals surface area contributed by atoms with Crippen LogP contribution in [0.2, 0.25) is 0 Å². The largest absolute Gasteiger partial charge is 0.483 e. The van der Waals surface area contributed by atoms with Crippen molar-refractivity contribution >= 4 is 5.97 Å². The monoisotopic (exact) mass is 362 g/mol. The van der Waals surface area contributed by atoms with E-state index in [4.69, 9.17) is 4.74 Å². The third-order valence-corrected chi connectivity index (χ3v) is 5.13. The van der Waals surface area contributed by atoms with Gasteiger partial charge in [-0.25, -0.2) is 4.79 Å². The highest BCUT2D eigenvalue weighted by atomic mass is 16.5. The van der Waals surface area contributed by atoms with Crippen LogP contribution in [0.4, 0.5) is 0 Å². The smallest absolute Gasteiger partial charge is 0.335 e. The molecule has 0 radical (unpaired) electrons. The molecule has 3 heteroatoms. The Morgan fingerprint density at radius 1 is 1.04 bits per heavy atom. The molecule has 1 atom stereocenters. The van der Waals surface area contributed by atoms with Gasteiger partial charge in [0.2, 0.25) is 0 Å². The number of hydrogen-bond donors (Lipinski definition) is 1. The molecule has 0 spiro atoms. The highest BCUT2D eigenvalue weighted by Crippen LogP contribution is 2.31. The van der Waals surface area contributed by atoms with Gasteiger partial charge in [0.05, 0.1) is 5.56 Å². The molecule has 0 saturated carbocycles. The average Bonchev–Trinajstić information content (AvgIpc) is 2.70. The minimum atomic E-state index is -0.864. The summed E-state index contributed by atoms with van der Waals surface area (Å²) in [5.41, 5.74) is 2.17. The molecule has 3 rings (SSSR count). The molecule has 0 aromatic heterocycles. The first kappa shape index (κ1) is 19.0. The molecule has 1 aliphatic rings. The topological polar surface area (TPSA) is 46.5 Å². The highest BCUT2D eigenvalue weighted by Gasteiger charge is 2.27. The van der Waals surface area contributed by atoms with E-state index in [1.165, 1.54) is 5.56 Å². The molecule has 2 aromatic rings. The van der Waals surface area contributed by atoms with Crippen molar-refractivity contribution in [2.75, 3.05) is 0 Å². The van der Waals surface area contributed by atoms with Crippen LogP contribution < -0.4 is 4.74 Å². The summed E-state index contributed by atoms with van der Waals surface area (Å²) in [5, 5.41) is 9.33. The fraction of sp³-hybridized carbons (Fsp3) is 0.292. The number of ether oxygens (including phenoxy) is 1. The van der Waals surface area contributed by atoms with Crippen molar-refractivity contribution in [1.82, 2.24) is 0 Å². The Balaban J connectivity index is 1.69. The van der Waals surface area contributed by atoms with Crippen LogP contribution in [0.15, 0.2) is 72.8 Å². The Hall–Kier alpha value is -2.81. The maximum atomic E-state index is 11.4. The van der Waals surface area contributed by atoms with Gasteiger partial charge in [-0.2, -0.15) is 0 Å². The van der Waals surface area contributed by atoms with E-state index >= 15 is 0 Å². The van der Waals surface area contributed by atoms with Crippen LogP contribution in [0.5, 0.6) is 5.75 Å². The van der Waals surface area contributed by atoms with Gasteiger partial charge in [-0.3, -0.25) is 0 Å². The van der Waals surface area contributed by atoms with Crippen molar-refractivity contribution in [2.45, 2.75) is 44.6 Å². The van der Waals surface area contributed by atoms with Gasteiger partial charge in [-0.05, 0) is 55.0 Å². The van der Waals surface area contributed by atoms with E-state index in [9.17, 15) is 9.90 Å². The van der Waals surface area contributed by atoms with E-state index in [2.05, 4.69) is 37.3 Å². The number of aromatic carboxylic acids is 1. The molecule has 0 bridgehead atoms. The Morgan fingerprint density at radius 3 is 2.44 bits per heavy atom. The summed E-state index contributed by atoms with van der Waals surface area (Å²) in [7, 11) is 0. The van der Waals surface area contributed by atoms with Crippen molar-refractivity contribution in [3.63, 3.8) is 0 Å². The van der Waals surface area contributed by atoms with Crippen LogP contribution in [0.25, 0.3) is 0 Å². The van der Waals surface area contributed by atoms with Gasteiger partial charge < -0.3 is 9.84 Å². The molecule has 0 amide bonds. The molecule has 1 aliphatic carbocycles. The van der Waals surface area contributed by atoms with E-state index in [0.29, 0.717) is 5.56 Å². The predicted octanol–water partition coefficient (Wildman–Crippen LogP) is 5.60. The van der Waals surface area contributed by atoms with Gasteiger partial charge in [0.15, 0.2) is 0 Å². The Kier molecular flexibility index (Phi) is 6.12. The van der Waals surface area contributed by atoms with E-state index in [1.54, 1.807) is 12.1 Å². The van der Waals surface area contributed by atoms with Crippen LogP contribution in [0.3, 0.4) is 0 Å². The molecule has 2 aromatic carbocycles. The zero-order valence-corrected chi connectivity index (χ0v) is 15.7. The fourth-order valence-electron chi connectivity index (χ4n) is 3.50. The molecular weight excluding hydrogens is 336 g/mol. The van der Waals surface area contributed by atoms with Crippen molar-refractivity contribution in [1.29, 1.82) is 0 Å². The number of benzene rings is 2. The first-order valence-electron chi connectivity index (χ1n) is 9.56. The predicted molar refractivity (Wildman–Crippen MR) is 108 cm³/mol. The SMILES string of the molecule is CCC1(Oc2ccccc2CCCc2ccccc2C(=O)O)C=CC=CC1. The molecule has 0 heterocycles. The van der Waals surface area contributed by atoms with Crippen LogP contribution in [-0.2, 0) is 12.8 Å². The lowest BCUT2D eigenvalue weighted by molar-refractivity contribution is 0.0695. The van der Waals surface area contributed by atoms with Crippen molar-refractivity contribution in [3.05, 3.63) is 89.5 Å². The van der Waals surface area contributed by atoms with E-state index in [1.807, 2.05) is 30.3 Å². The number of allylic oxidation sites excluding steroid dienone is 2. The molecular formula is C24H26O3. The minimum absolute atomic E-state index is 0.277. The minimum Gasteiger partial charge on any atom is -0.483 e. The van der Waals surface area contributed by atoms with Gasteiger partial charge in [0.25, 0.3) is 0 Å². The third-order valence-electron chi connectivity index (χ3n) is 5.13. The van der Waals surface area contributed by atoms with E-state index in [0.717, 1.165) is 43.4 Å². The average molecular weight is 362 g/mol. The molecule has 0 fully saturated rings. The molecule has 0 aliphatic heterocycles. The summed E-state index contributed by atoms with van der Waals surface area (Å²) in [6.45, 7) is 2.15. The molecule has 27 heavy (non-hydrogen) atoms. The van der Waals surface area contributed by atoms with E-state index < -0.39 is 5.97 Å². The zero-order valence-electron chi connectivity index (χ0n) is 15.7. The van der Waals surface area contributed by atoms with Gasteiger partial charge in [-0.15, -0.1) is 0 Å². The van der Waals surface area contributed by atoms with Crippen molar-refractivity contribution in [2.24, 2.45) is 0 Å². The number of rotatable bonds is 8. The molecule has 0 saturated heterocycles. The van der Waals surface area contributed by atoms with Crippen LogP contribution in [0, 0.1) is 0 Å². The first-order valence-corrected chi connectivity index (χ1v) is 9.56. The van der Waals surface area contributed by atoms with E-state index in [-0.39, 0.29) is 5.60 Å². The van der Waals surface area contributed by atoms with Crippen LogP contribution in [0.1, 0.15) is 47.7 Å². The summed E-state index contributed by atoms with van der Waals surface area (Å²) in [6.07, 6.45) is 12.7. The Labute approximate surface area is 161 Å². The normalized spacial score (nSPS) is 18.4. The number of para-hydroxylation sites is 1. The summed E-state index contributed by atoms with van der Waals surface area (Å²) < 4.78 is 6.46. The summed E-state index contributed by atoms with van der Waals surface area (Å²) in [5.74, 6) is 0.0576. The van der Waals surface area contributed by atoms with Gasteiger partial charge in [0, 0.05) is 6.42 Å². The first-order chi connectivity index (χ1) is 13.1. The zero-order chi connectivity index (χ0) is 19.1. The number of carbonyl (C=O) groups is 1. The standard InChI is InChI=1S/C24H26O3/c1-2-24(17-8-3-9-18-24)27-22-16-7-5-12-20(22)14-10-13-19-11-4-6-15-21(19)23(25)26/h3-9,11-12,15-17H,2,10,13-14,18H2,1H3,(H,25,26). The third kappa shape index (κ3) is 4.68. The maximum absolute atomic E-state index is 11.4. The second-order valence-electron chi connectivity index (χ2n) is 6.94. The summed E-state index contributed by atoms with van der Waals surface area (Å²) >= 11 is 0. The lowest BCUT2D eigenvalue weighted by atomic mass is 9.92. The Morgan fingerprint density at radius 2 is 1.74 bits per heavy atom. The molecule has 140 valence electrons. The van der Waals surface area contributed by atoms with Crippen molar-refractivity contribution in [3.8, 4) is 5.75 Å².